The van der Waals surface area contributed by atoms with Crippen LogP contribution in [0, 0.1) is 13.8 Å². The van der Waals surface area contributed by atoms with E-state index in [1.54, 1.807) is 31.7 Å². The van der Waals surface area contributed by atoms with Gasteiger partial charge in [-0.05, 0) is 49.5 Å². The molecule has 0 spiro atoms. The normalized spacial score (nSPS) is 12.1. The number of benzene rings is 1. The number of aliphatic carboxylic acids is 1. The molecule has 0 bridgehead atoms. The van der Waals surface area contributed by atoms with Crippen LogP contribution in [0.15, 0.2) is 21.3 Å². The van der Waals surface area contributed by atoms with Crippen molar-refractivity contribution < 1.29 is 24.2 Å². The number of fused-ring (bicyclic) bond motifs is 1. The lowest BCUT2D eigenvalue weighted by molar-refractivity contribution is -0.308. The lowest BCUT2D eigenvalue weighted by Gasteiger charge is -2.19. The molecule has 1 atom stereocenters. The lowest BCUT2D eigenvalue weighted by Crippen LogP contribution is -2.48. The highest BCUT2D eigenvalue weighted by Crippen LogP contribution is 2.28. The molecule has 1 aromatic heterocycles. The van der Waals surface area contributed by atoms with Crippen LogP contribution < -0.4 is 16.0 Å². The number of thioether (sulfide) groups is 1. The van der Waals surface area contributed by atoms with E-state index in [9.17, 15) is 24.6 Å². The second kappa shape index (κ2) is 8.94. The molecule has 1 amide bonds. The minimum atomic E-state index is -1.35. The zero-order chi connectivity index (χ0) is 20.1. The monoisotopic (exact) mass is 392 g/mol. The van der Waals surface area contributed by atoms with Crippen molar-refractivity contribution in [2.45, 2.75) is 39.7 Å². The summed E-state index contributed by atoms with van der Waals surface area (Å²) in [6.45, 7) is 5.28. The smallest absolute Gasteiger partial charge is 0.340 e. The summed E-state index contributed by atoms with van der Waals surface area (Å²) in [5.41, 5.74) is 0.742. The van der Waals surface area contributed by atoms with Gasteiger partial charge in [-0.3, -0.25) is 4.79 Å². The number of carboxylic acids is 1. The summed E-state index contributed by atoms with van der Waals surface area (Å²) in [4.78, 5) is 35.8. The van der Waals surface area contributed by atoms with Gasteiger partial charge in [0.05, 0.1) is 24.0 Å². The van der Waals surface area contributed by atoms with Crippen molar-refractivity contribution in [2.75, 3.05) is 11.5 Å². The van der Waals surface area contributed by atoms with Gasteiger partial charge >= 0.3 is 5.63 Å². The number of amides is 1. The quantitative estimate of drug-likeness (QED) is 0.509. The van der Waals surface area contributed by atoms with Gasteiger partial charge in [0.1, 0.15) is 11.3 Å². The zero-order valence-corrected chi connectivity index (χ0v) is 16.3. The number of hydrogen-bond acceptors (Lipinski definition) is 7. The Bertz CT molecular complexity index is 921. The predicted octanol–water partition coefficient (Wildman–Crippen LogP) is 1.04. The summed E-state index contributed by atoms with van der Waals surface area (Å²) in [5.74, 6) is -0.503. The minimum absolute atomic E-state index is 0.0114. The molecule has 0 radical (unpaired) electrons. The highest BCUT2D eigenvalue weighted by Gasteiger charge is 2.19. The first-order valence-corrected chi connectivity index (χ1v) is 9.74. The standard InChI is InChI=1S/C19H23NO6S/c1-4-27-8-7-14(18(23)24)20-16(22)9-13-10(2)12-5-6-15(21)11(3)17(12)26-19(13)25/h5-6,14,21H,4,7-9H2,1-3H3,(H,20,22)(H,23,24)/p-1/t14-/m0/s1. The van der Waals surface area contributed by atoms with Crippen LogP contribution in [0.1, 0.15) is 30.0 Å². The minimum Gasteiger partial charge on any atom is -0.548 e. The number of carbonyl (C=O) groups excluding carboxylic acids is 2. The first-order chi connectivity index (χ1) is 12.8. The molecule has 0 saturated carbocycles. The molecule has 0 fully saturated rings. The Morgan fingerprint density at radius 3 is 2.63 bits per heavy atom. The average molecular weight is 392 g/mol. The number of carbonyl (C=O) groups is 2. The Balaban J connectivity index is 2.24. The summed E-state index contributed by atoms with van der Waals surface area (Å²) in [7, 11) is 0. The molecule has 2 aromatic rings. The van der Waals surface area contributed by atoms with Gasteiger partial charge < -0.3 is 24.7 Å². The molecule has 1 heterocycles. The molecule has 8 heteroatoms. The van der Waals surface area contributed by atoms with Gasteiger partial charge in [0.25, 0.3) is 0 Å². The van der Waals surface area contributed by atoms with Gasteiger partial charge in [0, 0.05) is 10.9 Å². The molecule has 2 N–H and O–H groups in total. The van der Waals surface area contributed by atoms with Crippen LogP contribution in [0.2, 0.25) is 0 Å². The predicted molar refractivity (Wildman–Crippen MR) is 102 cm³/mol. The van der Waals surface area contributed by atoms with Crippen LogP contribution in [0.5, 0.6) is 5.75 Å². The number of aromatic hydroxyl groups is 1. The van der Waals surface area contributed by atoms with E-state index in [1.807, 2.05) is 6.92 Å². The molecule has 7 nitrogen and oxygen atoms in total. The Labute approximate surface area is 160 Å². The SMILES string of the molecule is CCSCC[C@H](NC(=O)Cc1c(C)c2ccc(O)c(C)c2oc1=O)C(=O)[O-]. The van der Waals surface area contributed by atoms with Crippen LogP contribution in [-0.2, 0) is 16.0 Å². The van der Waals surface area contributed by atoms with Crippen molar-refractivity contribution in [3.05, 3.63) is 39.2 Å². The van der Waals surface area contributed by atoms with Crippen LogP contribution in [0.4, 0.5) is 0 Å². The molecule has 146 valence electrons. The van der Waals surface area contributed by atoms with Crippen LogP contribution in [-0.4, -0.2) is 34.5 Å². The van der Waals surface area contributed by atoms with E-state index in [-0.39, 0.29) is 29.7 Å². The molecule has 0 aliphatic heterocycles. The summed E-state index contributed by atoms with van der Waals surface area (Å²) >= 11 is 1.57. The third kappa shape index (κ3) is 4.82. The number of carboxylic acid groups (broad SMARTS) is 1. The van der Waals surface area contributed by atoms with E-state index in [1.165, 1.54) is 6.07 Å². The van der Waals surface area contributed by atoms with Gasteiger partial charge in [-0.2, -0.15) is 11.8 Å². The second-order valence-corrected chi connectivity index (χ2v) is 7.57. The van der Waals surface area contributed by atoms with Crippen molar-refractivity contribution in [1.82, 2.24) is 5.32 Å². The number of phenols is 1. The third-order valence-electron chi connectivity index (χ3n) is 4.39. The molecule has 1 aromatic carbocycles. The Morgan fingerprint density at radius 1 is 1.30 bits per heavy atom. The summed E-state index contributed by atoms with van der Waals surface area (Å²) in [6, 6.07) is 2.00. The van der Waals surface area contributed by atoms with Gasteiger partial charge in [-0.1, -0.05) is 6.92 Å². The molecule has 27 heavy (non-hydrogen) atoms. The molecular weight excluding hydrogens is 370 g/mol. The maximum absolute atomic E-state index is 12.3. The lowest BCUT2D eigenvalue weighted by atomic mass is 10.0. The molecule has 0 aliphatic carbocycles. The zero-order valence-electron chi connectivity index (χ0n) is 15.5. The first-order valence-electron chi connectivity index (χ1n) is 8.59. The number of hydrogen-bond donors (Lipinski definition) is 2. The highest BCUT2D eigenvalue weighted by molar-refractivity contribution is 7.99. The number of rotatable bonds is 8. The fourth-order valence-electron chi connectivity index (χ4n) is 2.78. The van der Waals surface area contributed by atoms with Crippen molar-refractivity contribution in [3.8, 4) is 5.75 Å². The molecule has 0 saturated heterocycles. The van der Waals surface area contributed by atoms with Crippen LogP contribution in [0.25, 0.3) is 11.0 Å². The summed E-state index contributed by atoms with van der Waals surface area (Å²) in [6.07, 6.45) is -0.0505. The van der Waals surface area contributed by atoms with Crippen molar-refractivity contribution in [3.63, 3.8) is 0 Å². The van der Waals surface area contributed by atoms with Gasteiger partial charge in [0.15, 0.2) is 0 Å². The molecule has 0 aliphatic rings. The van der Waals surface area contributed by atoms with Gasteiger partial charge in [0.2, 0.25) is 5.91 Å². The van der Waals surface area contributed by atoms with Crippen LogP contribution in [0.3, 0.4) is 0 Å². The Hall–Kier alpha value is -2.48. The van der Waals surface area contributed by atoms with E-state index in [0.717, 1.165) is 5.75 Å². The van der Waals surface area contributed by atoms with Crippen LogP contribution >= 0.6 is 11.8 Å². The maximum Gasteiger partial charge on any atom is 0.340 e. The average Bonchev–Trinajstić information content (AvgIpc) is 2.61. The third-order valence-corrected chi connectivity index (χ3v) is 5.32. The number of nitrogens with one attached hydrogen (secondary N) is 1. The maximum atomic E-state index is 12.3. The molecule has 2 rings (SSSR count). The largest absolute Gasteiger partial charge is 0.548 e. The van der Waals surface area contributed by atoms with Gasteiger partial charge in [-0.25, -0.2) is 4.79 Å². The summed E-state index contributed by atoms with van der Waals surface area (Å²) in [5, 5.41) is 24.0. The first kappa shape index (κ1) is 20.8. The number of aryl methyl sites for hydroxylation is 2. The van der Waals surface area contributed by atoms with E-state index in [0.29, 0.717) is 22.3 Å². The topological polar surface area (TPSA) is 120 Å². The van der Waals surface area contributed by atoms with Gasteiger partial charge in [-0.15, -0.1) is 0 Å². The van der Waals surface area contributed by atoms with E-state index in [2.05, 4.69) is 5.32 Å². The van der Waals surface area contributed by atoms with E-state index in [4.69, 9.17) is 4.42 Å². The van der Waals surface area contributed by atoms with E-state index >= 15 is 0 Å². The highest BCUT2D eigenvalue weighted by atomic mass is 32.2. The Morgan fingerprint density at radius 2 is 2.00 bits per heavy atom. The number of phenolic OH excluding ortho intramolecular Hbond substituents is 1. The van der Waals surface area contributed by atoms with Crippen molar-refractivity contribution in [2.24, 2.45) is 0 Å². The second-order valence-electron chi connectivity index (χ2n) is 6.18. The van der Waals surface area contributed by atoms with Crippen molar-refractivity contribution in [1.29, 1.82) is 0 Å². The molecular formula is C19H22NO6S-. The molecule has 0 unspecified atom stereocenters. The van der Waals surface area contributed by atoms with Crippen molar-refractivity contribution >= 4 is 34.6 Å². The van der Waals surface area contributed by atoms with E-state index < -0.39 is 23.5 Å². The Kier molecular flexibility index (Phi) is 6.90. The fraction of sp³-hybridized carbons (Fsp3) is 0.421. The fourth-order valence-corrected chi connectivity index (χ4v) is 3.47. The summed E-state index contributed by atoms with van der Waals surface area (Å²) < 4.78 is 5.29.